The SMILES string of the molecule is CCCCCN1C[C@@H](C(=O)O)N(CCC)C1=O. The second-order valence-electron chi connectivity index (χ2n) is 4.48. The summed E-state index contributed by atoms with van der Waals surface area (Å²) in [7, 11) is 0. The number of hydrogen-bond acceptors (Lipinski definition) is 2. The van der Waals surface area contributed by atoms with E-state index < -0.39 is 12.0 Å². The number of carboxylic acids is 1. The van der Waals surface area contributed by atoms with Crippen molar-refractivity contribution in [1.82, 2.24) is 9.80 Å². The number of carbonyl (C=O) groups excluding carboxylic acids is 1. The quantitative estimate of drug-likeness (QED) is 0.692. The average molecular weight is 242 g/mol. The lowest BCUT2D eigenvalue weighted by Crippen LogP contribution is -2.40. The number of unbranched alkanes of at least 4 members (excludes halogenated alkanes) is 2. The number of amides is 2. The Morgan fingerprint density at radius 2 is 2.00 bits per heavy atom. The third-order valence-corrected chi connectivity index (χ3v) is 3.07. The second-order valence-corrected chi connectivity index (χ2v) is 4.48. The first-order valence-electron chi connectivity index (χ1n) is 6.40. The molecular formula is C12H22N2O3. The van der Waals surface area contributed by atoms with Gasteiger partial charge in [-0.3, -0.25) is 0 Å². The van der Waals surface area contributed by atoms with Crippen LogP contribution in [0.3, 0.4) is 0 Å². The van der Waals surface area contributed by atoms with Crippen molar-refractivity contribution >= 4 is 12.0 Å². The highest BCUT2D eigenvalue weighted by Crippen LogP contribution is 2.17. The van der Waals surface area contributed by atoms with E-state index >= 15 is 0 Å². The van der Waals surface area contributed by atoms with Crippen molar-refractivity contribution < 1.29 is 14.7 Å². The zero-order valence-corrected chi connectivity index (χ0v) is 10.7. The highest BCUT2D eigenvalue weighted by molar-refractivity contribution is 5.86. The topological polar surface area (TPSA) is 60.9 Å². The van der Waals surface area contributed by atoms with E-state index in [4.69, 9.17) is 5.11 Å². The smallest absolute Gasteiger partial charge is 0.328 e. The highest BCUT2D eigenvalue weighted by Gasteiger charge is 2.40. The van der Waals surface area contributed by atoms with E-state index in [1.54, 1.807) is 4.90 Å². The first kappa shape index (κ1) is 13.8. The van der Waals surface area contributed by atoms with Gasteiger partial charge in [0, 0.05) is 13.1 Å². The molecule has 0 aromatic heterocycles. The molecule has 1 rings (SSSR count). The molecule has 5 heteroatoms. The van der Waals surface area contributed by atoms with Crippen LogP contribution in [0.15, 0.2) is 0 Å². The van der Waals surface area contributed by atoms with Crippen molar-refractivity contribution in [3.8, 4) is 0 Å². The van der Waals surface area contributed by atoms with Crippen LogP contribution >= 0.6 is 0 Å². The number of carboxylic acid groups (broad SMARTS) is 1. The molecular weight excluding hydrogens is 220 g/mol. The Morgan fingerprint density at radius 1 is 1.29 bits per heavy atom. The molecule has 2 amide bonds. The van der Waals surface area contributed by atoms with E-state index in [0.717, 1.165) is 25.7 Å². The summed E-state index contributed by atoms with van der Waals surface area (Å²) in [5.41, 5.74) is 0. The maximum atomic E-state index is 12.0. The van der Waals surface area contributed by atoms with Gasteiger partial charge in [-0.05, 0) is 12.8 Å². The molecule has 17 heavy (non-hydrogen) atoms. The number of carbonyl (C=O) groups is 2. The molecule has 1 aliphatic heterocycles. The molecule has 98 valence electrons. The molecule has 0 radical (unpaired) electrons. The third kappa shape index (κ3) is 3.35. The van der Waals surface area contributed by atoms with Gasteiger partial charge in [-0.25, -0.2) is 9.59 Å². The molecule has 0 bridgehead atoms. The zero-order chi connectivity index (χ0) is 12.8. The fourth-order valence-corrected chi connectivity index (χ4v) is 2.14. The summed E-state index contributed by atoms with van der Waals surface area (Å²) >= 11 is 0. The van der Waals surface area contributed by atoms with Gasteiger partial charge in [0.15, 0.2) is 0 Å². The van der Waals surface area contributed by atoms with Crippen LogP contribution in [0.1, 0.15) is 39.5 Å². The fourth-order valence-electron chi connectivity index (χ4n) is 2.14. The molecule has 0 aromatic carbocycles. The molecule has 0 aliphatic carbocycles. The number of rotatable bonds is 7. The summed E-state index contributed by atoms with van der Waals surface area (Å²) < 4.78 is 0. The van der Waals surface area contributed by atoms with E-state index in [9.17, 15) is 9.59 Å². The van der Waals surface area contributed by atoms with Crippen LogP contribution in [0, 0.1) is 0 Å². The zero-order valence-electron chi connectivity index (χ0n) is 10.7. The van der Waals surface area contributed by atoms with E-state index in [0.29, 0.717) is 19.6 Å². The molecule has 1 saturated heterocycles. The van der Waals surface area contributed by atoms with Gasteiger partial charge < -0.3 is 14.9 Å². The Balaban J connectivity index is 2.59. The molecule has 1 fully saturated rings. The third-order valence-electron chi connectivity index (χ3n) is 3.07. The van der Waals surface area contributed by atoms with Gasteiger partial charge in [-0.1, -0.05) is 26.7 Å². The Morgan fingerprint density at radius 3 is 2.53 bits per heavy atom. The Hall–Kier alpha value is -1.26. The monoisotopic (exact) mass is 242 g/mol. The van der Waals surface area contributed by atoms with Crippen molar-refractivity contribution in [3.63, 3.8) is 0 Å². The lowest BCUT2D eigenvalue weighted by Gasteiger charge is -2.19. The molecule has 5 nitrogen and oxygen atoms in total. The van der Waals surface area contributed by atoms with Crippen LogP contribution in [-0.4, -0.2) is 52.6 Å². The van der Waals surface area contributed by atoms with Crippen LogP contribution in [0.25, 0.3) is 0 Å². The van der Waals surface area contributed by atoms with Crippen molar-refractivity contribution in [3.05, 3.63) is 0 Å². The predicted octanol–water partition coefficient (Wildman–Crippen LogP) is 1.78. The van der Waals surface area contributed by atoms with Gasteiger partial charge in [0.25, 0.3) is 0 Å². The van der Waals surface area contributed by atoms with E-state index in [1.165, 1.54) is 4.90 Å². The van der Waals surface area contributed by atoms with Crippen LogP contribution in [0.5, 0.6) is 0 Å². The minimum atomic E-state index is -0.898. The second kappa shape index (κ2) is 6.47. The van der Waals surface area contributed by atoms with Gasteiger partial charge in [-0.15, -0.1) is 0 Å². The summed E-state index contributed by atoms with van der Waals surface area (Å²) in [6.07, 6.45) is 3.92. The van der Waals surface area contributed by atoms with Gasteiger partial charge in [0.2, 0.25) is 0 Å². The lowest BCUT2D eigenvalue weighted by atomic mass is 10.2. The molecule has 0 aromatic rings. The number of hydrogen-bond donors (Lipinski definition) is 1. The van der Waals surface area contributed by atoms with Crippen LogP contribution in [0.4, 0.5) is 4.79 Å². The maximum Gasteiger partial charge on any atom is 0.328 e. The Labute approximate surface area is 102 Å². The minimum absolute atomic E-state index is 0.115. The Kier molecular flexibility index (Phi) is 5.25. The van der Waals surface area contributed by atoms with Gasteiger partial charge in [0.1, 0.15) is 6.04 Å². The van der Waals surface area contributed by atoms with E-state index in [2.05, 4.69) is 6.92 Å². The molecule has 1 N–H and O–H groups in total. The molecule has 0 unspecified atom stereocenters. The first-order chi connectivity index (χ1) is 8.11. The predicted molar refractivity (Wildman–Crippen MR) is 64.9 cm³/mol. The van der Waals surface area contributed by atoms with Gasteiger partial charge in [0.05, 0.1) is 6.54 Å². The summed E-state index contributed by atoms with van der Waals surface area (Å²) in [6, 6.07) is -0.778. The lowest BCUT2D eigenvalue weighted by molar-refractivity contribution is -0.141. The maximum absolute atomic E-state index is 12.0. The molecule has 1 aliphatic rings. The number of urea groups is 1. The van der Waals surface area contributed by atoms with Crippen LogP contribution in [0.2, 0.25) is 0 Å². The van der Waals surface area contributed by atoms with Gasteiger partial charge >= 0.3 is 12.0 Å². The summed E-state index contributed by atoms with van der Waals surface area (Å²) in [6.45, 7) is 5.59. The highest BCUT2D eigenvalue weighted by atomic mass is 16.4. The largest absolute Gasteiger partial charge is 0.480 e. The molecule has 1 heterocycles. The summed E-state index contributed by atoms with van der Waals surface area (Å²) in [4.78, 5) is 26.2. The standard InChI is InChI=1S/C12H22N2O3/c1-3-5-6-8-13-9-10(11(15)16)14(7-4-2)12(13)17/h10H,3-9H2,1-2H3,(H,15,16)/t10-/m0/s1. The van der Waals surface area contributed by atoms with E-state index in [-0.39, 0.29) is 6.03 Å². The number of nitrogens with zero attached hydrogens (tertiary/aromatic N) is 2. The molecule has 0 saturated carbocycles. The molecule has 1 atom stereocenters. The van der Waals surface area contributed by atoms with Crippen molar-refractivity contribution in [2.45, 2.75) is 45.6 Å². The number of aliphatic carboxylic acids is 1. The minimum Gasteiger partial charge on any atom is -0.480 e. The van der Waals surface area contributed by atoms with Crippen molar-refractivity contribution in [2.24, 2.45) is 0 Å². The van der Waals surface area contributed by atoms with Crippen LogP contribution < -0.4 is 0 Å². The Bertz CT molecular complexity index is 281. The summed E-state index contributed by atoms with van der Waals surface area (Å²) in [5, 5.41) is 9.10. The fraction of sp³-hybridized carbons (Fsp3) is 0.833. The van der Waals surface area contributed by atoms with Crippen LogP contribution in [-0.2, 0) is 4.79 Å². The van der Waals surface area contributed by atoms with E-state index in [1.807, 2.05) is 6.92 Å². The van der Waals surface area contributed by atoms with Crippen molar-refractivity contribution in [2.75, 3.05) is 19.6 Å². The van der Waals surface area contributed by atoms with Gasteiger partial charge in [-0.2, -0.15) is 0 Å². The average Bonchev–Trinajstić information content (AvgIpc) is 2.59. The molecule has 0 spiro atoms. The summed E-state index contributed by atoms with van der Waals surface area (Å²) in [5.74, 6) is -0.898. The van der Waals surface area contributed by atoms with Crippen molar-refractivity contribution in [1.29, 1.82) is 0 Å². The first-order valence-corrected chi connectivity index (χ1v) is 6.40. The normalized spacial score (nSPS) is 20.1.